The van der Waals surface area contributed by atoms with Gasteiger partial charge in [0.2, 0.25) is 9.84 Å². The van der Waals surface area contributed by atoms with Gasteiger partial charge in [0, 0.05) is 5.02 Å². The lowest BCUT2D eigenvalue weighted by Gasteiger charge is -2.30. The molecule has 4 rings (SSSR count). The SMILES string of the molecule is O=S(=O)(c1ccccc1)c1cc(Cl)c2c(c1)CCC=C2C1CCNCC1. The fourth-order valence-electron chi connectivity index (χ4n) is 4.04. The molecule has 2 aromatic rings. The van der Waals surface area contributed by atoms with E-state index in [1.165, 1.54) is 5.57 Å². The first-order chi connectivity index (χ1) is 12.6. The first kappa shape index (κ1) is 17.8. The van der Waals surface area contributed by atoms with E-state index in [1.807, 2.05) is 12.1 Å². The van der Waals surface area contributed by atoms with Crippen molar-refractivity contribution >= 4 is 27.0 Å². The van der Waals surface area contributed by atoms with E-state index in [2.05, 4.69) is 11.4 Å². The van der Waals surface area contributed by atoms with Gasteiger partial charge in [0.25, 0.3) is 0 Å². The van der Waals surface area contributed by atoms with Crippen molar-refractivity contribution in [3.63, 3.8) is 0 Å². The summed E-state index contributed by atoms with van der Waals surface area (Å²) in [5, 5.41) is 3.96. The maximum absolute atomic E-state index is 13.0. The number of fused-ring (bicyclic) bond motifs is 1. The second-order valence-corrected chi connectivity index (χ2v) is 9.34. The minimum Gasteiger partial charge on any atom is -0.317 e. The van der Waals surface area contributed by atoms with Crippen LogP contribution < -0.4 is 5.32 Å². The van der Waals surface area contributed by atoms with Crippen LogP contribution >= 0.6 is 11.6 Å². The molecule has 2 aromatic carbocycles. The van der Waals surface area contributed by atoms with E-state index in [0.29, 0.717) is 20.7 Å². The Morgan fingerprint density at radius 3 is 2.46 bits per heavy atom. The van der Waals surface area contributed by atoms with Gasteiger partial charge in [-0.2, -0.15) is 0 Å². The summed E-state index contributed by atoms with van der Waals surface area (Å²) in [6, 6.07) is 12.0. The summed E-state index contributed by atoms with van der Waals surface area (Å²) in [7, 11) is -3.55. The van der Waals surface area contributed by atoms with Crippen LogP contribution in [0.2, 0.25) is 5.02 Å². The zero-order chi connectivity index (χ0) is 18.1. The summed E-state index contributed by atoms with van der Waals surface area (Å²) < 4.78 is 25.9. The summed E-state index contributed by atoms with van der Waals surface area (Å²) in [6.07, 6.45) is 6.28. The zero-order valence-corrected chi connectivity index (χ0v) is 16.1. The van der Waals surface area contributed by atoms with Crippen LogP contribution in [0.1, 0.15) is 30.4 Å². The van der Waals surface area contributed by atoms with Gasteiger partial charge >= 0.3 is 0 Å². The van der Waals surface area contributed by atoms with Crippen molar-refractivity contribution in [3.05, 3.63) is 64.7 Å². The first-order valence-electron chi connectivity index (χ1n) is 9.11. The van der Waals surface area contributed by atoms with Crippen LogP contribution in [-0.4, -0.2) is 21.5 Å². The van der Waals surface area contributed by atoms with E-state index < -0.39 is 9.84 Å². The fourth-order valence-corrected chi connectivity index (χ4v) is 5.81. The smallest absolute Gasteiger partial charge is 0.206 e. The van der Waals surface area contributed by atoms with E-state index in [9.17, 15) is 8.42 Å². The molecular weight excluding hydrogens is 366 g/mol. The van der Waals surface area contributed by atoms with Crippen molar-refractivity contribution in [3.8, 4) is 0 Å². The second kappa shape index (κ2) is 7.18. The number of allylic oxidation sites excluding steroid dienone is 2. The Morgan fingerprint density at radius 2 is 1.73 bits per heavy atom. The minimum atomic E-state index is -3.55. The molecule has 0 atom stereocenters. The largest absolute Gasteiger partial charge is 0.317 e. The average Bonchev–Trinajstić information content (AvgIpc) is 2.68. The molecule has 0 aromatic heterocycles. The van der Waals surface area contributed by atoms with Gasteiger partial charge < -0.3 is 5.32 Å². The predicted octanol–water partition coefficient (Wildman–Crippen LogP) is 4.50. The van der Waals surface area contributed by atoms with Crippen LogP contribution in [0.15, 0.2) is 58.3 Å². The van der Waals surface area contributed by atoms with Gasteiger partial charge in [0.05, 0.1) is 9.79 Å². The normalized spacial score (nSPS) is 18.3. The number of hydrogen-bond donors (Lipinski definition) is 1. The number of piperidine rings is 1. The molecule has 1 saturated heterocycles. The second-order valence-electron chi connectivity index (χ2n) is 6.98. The van der Waals surface area contributed by atoms with Crippen molar-refractivity contribution in [2.75, 3.05) is 13.1 Å². The molecule has 1 heterocycles. The maximum Gasteiger partial charge on any atom is 0.206 e. The van der Waals surface area contributed by atoms with Crippen LogP contribution in [-0.2, 0) is 16.3 Å². The Bertz CT molecular complexity index is 945. The lowest BCUT2D eigenvalue weighted by Crippen LogP contribution is -2.29. The lowest BCUT2D eigenvalue weighted by atomic mass is 9.80. The molecule has 0 bridgehead atoms. The third-order valence-corrected chi connectivity index (χ3v) is 7.40. The molecule has 136 valence electrons. The highest BCUT2D eigenvalue weighted by Gasteiger charge is 2.27. The minimum absolute atomic E-state index is 0.291. The quantitative estimate of drug-likeness (QED) is 0.843. The molecule has 1 aliphatic heterocycles. The Labute approximate surface area is 160 Å². The standard InChI is InChI=1S/C21H22ClNO2S/c22-20-14-18(26(24,25)17-6-2-1-3-7-17)13-16-5-4-8-19(21(16)20)15-9-11-23-12-10-15/h1-3,6-8,13-15,23H,4-5,9-12H2. The highest BCUT2D eigenvalue weighted by atomic mass is 35.5. The van der Waals surface area contributed by atoms with E-state index >= 15 is 0 Å². The third kappa shape index (κ3) is 3.22. The Morgan fingerprint density at radius 1 is 1.00 bits per heavy atom. The predicted molar refractivity (Wildman–Crippen MR) is 105 cm³/mol. The molecule has 0 amide bonds. The number of rotatable bonds is 3. The summed E-state index contributed by atoms with van der Waals surface area (Å²) in [4.78, 5) is 0.597. The number of hydrogen-bond acceptors (Lipinski definition) is 3. The van der Waals surface area contributed by atoms with Crippen molar-refractivity contribution in [2.45, 2.75) is 35.5 Å². The lowest BCUT2D eigenvalue weighted by molar-refractivity contribution is 0.445. The van der Waals surface area contributed by atoms with Crippen LogP contribution in [0, 0.1) is 5.92 Å². The van der Waals surface area contributed by atoms with Crippen LogP contribution in [0.5, 0.6) is 0 Å². The van der Waals surface area contributed by atoms with Crippen LogP contribution in [0.25, 0.3) is 5.57 Å². The molecular formula is C21H22ClNO2S. The highest BCUT2D eigenvalue weighted by molar-refractivity contribution is 7.91. The highest BCUT2D eigenvalue weighted by Crippen LogP contribution is 2.41. The van der Waals surface area contributed by atoms with E-state index in [0.717, 1.165) is 49.9 Å². The van der Waals surface area contributed by atoms with Gasteiger partial charge in [0.15, 0.2) is 0 Å². The molecule has 2 aliphatic rings. The number of halogens is 1. The Hall–Kier alpha value is -1.62. The van der Waals surface area contributed by atoms with Gasteiger partial charge in [-0.15, -0.1) is 0 Å². The molecule has 3 nitrogen and oxygen atoms in total. The zero-order valence-electron chi connectivity index (χ0n) is 14.5. The molecule has 0 unspecified atom stereocenters. The van der Waals surface area contributed by atoms with Crippen molar-refractivity contribution < 1.29 is 8.42 Å². The topological polar surface area (TPSA) is 46.2 Å². The molecule has 1 fully saturated rings. The number of aryl methyl sites for hydroxylation is 1. The van der Waals surface area contributed by atoms with Gasteiger partial charge in [-0.05, 0) is 85.7 Å². The van der Waals surface area contributed by atoms with Crippen LogP contribution in [0.3, 0.4) is 0 Å². The van der Waals surface area contributed by atoms with Crippen molar-refractivity contribution in [1.82, 2.24) is 5.32 Å². The summed E-state index contributed by atoms with van der Waals surface area (Å²) in [5.74, 6) is 0.504. The number of benzene rings is 2. The summed E-state index contributed by atoms with van der Waals surface area (Å²) in [6.45, 7) is 2.05. The van der Waals surface area contributed by atoms with Gasteiger partial charge in [-0.3, -0.25) is 0 Å². The molecule has 0 spiro atoms. The molecule has 0 radical (unpaired) electrons. The average molecular weight is 388 g/mol. The molecule has 1 N–H and O–H groups in total. The summed E-state index contributed by atoms with van der Waals surface area (Å²) >= 11 is 6.63. The van der Waals surface area contributed by atoms with E-state index in [-0.39, 0.29) is 0 Å². The number of sulfone groups is 1. The maximum atomic E-state index is 13.0. The monoisotopic (exact) mass is 387 g/mol. The Balaban J connectivity index is 1.77. The van der Waals surface area contributed by atoms with Crippen molar-refractivity contribution in [2.24, 2.45) is 5.92 Å². The Kier molecular flexibility index (Phi) is 4.91. The van der Waals surface area contributed by atoms with Crippen LogP contribution in [0.4, 0.5) is 0 Å². The molecule has 0 saturated carbocycles. The van der Waals surface area contributed by atoms with Crippen molar-refractivity contribution in [1.29, 1.82) is 0 Å². The third-order valence-electron chi connectivity index (χ3n) is 5.35. The van der Waals surface area contributed by atoms with Gasteiger partial charge in [0.1, 0.15) is 0 Å². The molecule has 1 aliphatic carbocycles. The van der Waals surface area contributed by atoms with Gasteiger partial charge in [-0.1, -0.05) is 35.9 Å². The van der Waals surface area contributed by atoms with E-state index in [4.69, 9.17) is 11.6 Å². The molecule has 26 heavy (non-hydrogen) atoms. The number of nitrogens with one attached hydrogen (secondary N) is 1. The first-order valence-corrected chi connectivity index (χ1v) is 11.0. The summed E-state index contributed by atoms with van der Waals surface area (Å²) in [5.41, 5.74) is 3.43. The van der Waals surface area contributed by atoms with E-state index in [1.54, 1.807) is 30.3 Å². The fraction of sp³-hybridized carbons (Fsp3) is 0.333. The van der Waals surface area contributed by atoms with Gasteiger partial charge in [-0.25, -0.2) is 8.42 Å². The molecule has 5 heteroatoms.